The molecule has 1 amide bonds. The molecule has 2 rings (SSSR count). The van der Waals surface area contributed by atoms with Gasteiger partial charge in [-0.2, -0.15) is 0 Å². The number of aldehydes is 1. The molecule has 0 saturated carbocycles. The highest BCUT2D eigenvalue weighted by atomic mass is 19.1. The van der Waals surface area contributed by atoms with Crippen LogP contribution in [0.2, 0.25) is 0 Å². The van der Waals surface area contributed by atoms with E-state index in [0.717, 1.165) is 23.0 Å². The number of hydrogen-bond acceptors (Lipinski definition) is 4. The van der Waals surface area contributed by atoms with Crippen molar-refractivity contribution in [1.82, 2.24) is 5.32 Å². The van der Waals surface area contributed by atoms with E-state index in [1.54, 1.807) is 52.0 Å². The number of carbonyl (C=O) groups is 3. The Hall–Kier alpha value is -3.22. The van der Waals surface area contributed by atoms with Crippen LogP contribution in [0.1, 0.15) is 65.8 Å². The summed E-state index contributed by atoms with van der Waals surface area (Å²) in [6, 6.07) is 5.56. The fourth-order valence-corrected chi connectivity index (χ4v) is 3.58. The standard InChI is InChI=1S/C24H28FNO5/c1-13-7-16(12-27)8-14(2)21(13)17-9-15(3)22(25)18(10-17)19(11-20(28)29)26-23(30)31-24(4,5)6/h7-10,12,19H,11H2,1-6H3,(H,26,30)(H,28,29). The van der Waals surface area contributed by atoms with Crippen LogP contribution in [-0.2, 0) is 9.53 Å². The lowest BCUT2D eigenvalue weighted by atomic mass is 9.89. The van der Waals surface area contributed by atoms with Crippen LogP contribution in [0, 0.1) is 26.6 Å². The molecule has 0 fully saturated rings. The summed E-state index contributed by atoms with van der Waals surface area (Å²) in [4.78, 5) is 34.9. The number of halogens is 1. The van der Waals surface area contributed by atoms with E-state index in [0.29, 0.717) is 16.7 Å². The van der Waals surface area contributed by atoms with Crippen LogP contribution >= 0.6 is 0 Å². The average molecular weight is 429 g/mol. The molecule has 2 N–H and O–H groups in total. The van der Waals surface area contributed by atoms with Crippen LogP contribution in [0.15, 0.2) is 24.3 Å². The zero-order valence-electron chi connectivity index (χ0n) is 18.6. The maximum atomic E-state index is 15.1. The smallest absolute Gasteiger partial charge is 0.408 e. The molecular weight excluding hydrogens is 401 g/mol. The molecule has 6 nitrogen and oxygen atoms in total. The first-order valence-electron chi connectivity index (χ1n) is 9.90. The normalized spacial score (nSPS) is 12.2. The molecule has 0 aliphatic rings. The molecule has 31 heavy (non-hydrogen) atoms. The molecule has 166 valence electrons. The Morgan fingerprint density at radius 3 is 2.16 bits per heavy atom. The fourth-order valence-electron chi connectivity index (χ4n) is 3.58. The summed E-state index contributed by atoms with van der Waals surface area (Å²) in [6.45, 7) is 10.3. The van der Waals surface area contributed by atoms with Gasteiger partial charge in [-0.3, -0.25) is 9.59 Å². The molecule has 1 atom stereocenters. The number of benzene rings is 2. The van der Waals surface area contributed by atoms with E-state index < -0.39 is 35.9 Å². The van der Waals surface area contributed by atoms with Crippen molar-refractivity contribution in [1.29, 1.82) is 0 Å². The van der Waals surface area contributed by atoms with Crippen molar-refractivity contribution in [3.05, 3.63) is 57.9 Å². The second kappa shape index (κ2) is 9.29. The number of nitrogens with one attached hydrogen (secondary N) is 1. The summed E-state index contributed by atoms with van der Waals surface area (Å²) >= 11 is 0. The Morgan fingerprint density at radius 2 is 1.68 bits per heavy atom. The number of alkyl carbamates (subject to hydrolysis) is 1. The Bertz CT molecular complexity index is 1000. The minimum atomic E-state index is -1.19. The maximum Gasteiger partial charge on any atom is 0.408 e. The van der Waals surface area contributed by atoms with Crippen LogP contribution in [0.4, 0.5) is 9.18 Å². The van der Waals surface area contributed by atoms with Gasteiger partial charge in [0.15, 0.2) is 0 Å². The van der Waals surface area contributed by atoms with Crippen molar-refractivity contribution < 1.29 is 28.6 Å². The largest absolute Gasteiger partial charge is 0.481 e. The lowest BCUT2D eigenvalue weighted by Gasteiger charge is -2.24. The Morgan fingerprint density at radius 1 is 1.10 bits per heavy atom. The van der Waals surface area contributed by atoms with E-state index >= 15 is 4.39 Å². The number of aliphatic carboxylic acids is 1. The van der Waals surface area contributed by atoms with Gasteiger partial charge in [-0.15, -0.1) is 0 Å². The summed E-state index contributed by atoms with van der Waals surface area (Å²) in [5.41, 5.74) is 3.26. The Balaban J connectivity index is 2.58. The molecule has 7 heteroatoms. The number of amides is 1. The molecule has 2 aromatic rings. The van der Waals surface area contributed by atoms with Crippen LogP contribution in [0.25, 0.3) is 11.1 Å². The Kier molecular flexibility index (Phi) is 7.21. The van der Waals surface area contributed by atoms with E-state index in [9.17, 15) is 19.5 Å². The van der Waals surface area contributed by atoms with Crippen LogP contribution in [0.5, 0.6) is 0 Å². The van der Waals surface area contributed by atoms with Gasteiger partial charge >= 0.3 is 12.1 Å². The van der Waals surface area contributed by atoms with Crippen molar-refractivity contribution in [2.45, 2.75) is 59.6 Å². The third-order valence-electron chi connectivity index (χ3n) is 4.71. The van der Waals surface area contributed by atoms with Gasteiger partial charge in [-0.05, 0) is 93.6 Å². The monoisotopic (exact) mass is 429 g/mol. The number of carbonyl (C=O) groups excluding carboxylic acids is 2. The molecular formula is C24H28FNO5. The summed E-state index contributed by atoms with van der Waals surface area (Å²) in [5, 5.41) is 11.8. The molecule has 2 aromatic carbocycles. The molecule has 0 aliphatic carbocycles. The molecule has 0 aliphatic heterocycles. The van der Waals surface area contributed by atoms with E-state index in [-0.39, 0.29) is 5.56 Å². The Labute approximate surface area is 181 Å². The van der Waals surface area contributed by atoms with Gasteiger partial charge in [0.05, 0.1) is 12.5 Å². The summed E-state index contributed by atoms with van der Waals surface area (Å²) < 4.78 is 20.3. The van der Waals surface area contributed by atoms with E-state index in [1.807, 2.05) is 13.8 Å². The topological polar surface area (TPSA) is 92.7 Å². The first kappa shape index (κ1) is 24.1. The molecule has 0 bridgehead atoms. The lowest BCUT2D eigenvalue weighted by molar-refractivity contribution is -0.137. The number of carboxylic acids is 1. The van der Waals surface area contributed by atoms with E-state index in [2.05, 4.69) is 5.32 Å². The SMILES string of the molecule is Cc1cc(-c2c(C)cc(C=O)cc2C)cc(C(CC(=O)O)NC(=O)OC(C)(C)C)c1F. The minimum absolute atomic E-state index is 0.0570. The van der Waals surface area contributed by atoms with Gasteiger partial charge in [0.25, 0.3) is 0 Å². The number of hydrogen-bond donors (Lipinski definition) is 2. The highest BCUT2D eigenvalue weighted by Crippen LogP contribution is 2.33. The van der Waals surface area contributed by atoms with Crippen molar-refractivity contribution in [2.75, 3.05) is 0 Å². The van der Waals surface area contributed by atoms with Crippen LogP contribution in [-0.4, -0.2) is 29.1 Å². The molecule has 1 unspecified atom stereocenters. The first-order valence-corrected chi connectivity index (χ1v) is 9.90. The van der Waals surface area contributed by atoms with Crippen LogP contribution in [0.3, 0.4) is 0 Å². The summed E-state index contributed by atoms with van der Waals surface area (Å²) in [7, 11) is 0. The summed E-state index contributed by atoms with van der Waals surface area (Å²) in [5.74, 6) is -1.78. The number of carboxylic acid groups (broad SMARTS) is 1. The minimum Gasteiger partial charge on any atom is -0.481 e. The third-order valence-corrected chi connectivity index (χ3v) is 4.71. The van der Waals surface area contributed by atoms with Crippen molar-refractivity contribution >= 4 is 18.3 Å². The lowest BCUT2D eigenvalue weighted by Crippen LogP contribution is -2.36. The second-order valence-corrected chi connectivity index (χ2v) is 8.64. The number of ether oxygens (including phenoxy) is 1. The maximum absolute atomic E-state index is 15.1. The van der Waals surface area contributed by atoms with Crippen molar-refractivity contribution in [3.8, 4) is 11.1 Å². The number of rotatable bonds is 6. The van der Waals surface area contributed by atoms with Gasteiger partial charge in [0.1, 0.15) is 17.7 Å². The predicted octanol–water partition coefficient (Wildman–Crippen LogP) is 5.27. The van der Waals surface area contributed by atoms with Gasteiger partial charge in [0, 0.05) is 11.1 Å². The molecule has 0 saturated heterocycles. The molecule has 0 radical (unpaired) electrons. The third kappa shape index (κ3) is 6.13. The predicted molar refractivity (Wildman–Crippen MR) is 116 cm³/mol. The zero-order chi connectivity index (χ0) is 23.5. The second-order valence-electron chi connectivity index (χ2n) is 8.64. The van der Waals surface area contributed by atoms with Crippen molar-refractivity contribution in [2.24, 2.45) is 0 Å². The van der Waals surface area contributed by atoms with Gasteiger partial charge in [-0.25, -0.2) is 9.18 Å². The average Bonchev–Trinajstić information content (AvgIpc) is 2.61. The van der Waals surface area contributed by atoms with Gasteiger partial charge in [0.2, 0.25) is 0 Å². The molecule has 0 spiro atoms. The quantitative estimate of drug-likeness (QED) is 0.610. The first-order chi connectivity index (χ1) is 14.3. The highest BCUT2D eigenvalue weighted by Gasteiger charge is 2.26. The van der Waals surface area contributed by atoms with E-state index in [1.165, 1.54) is 0 Å². The molecule has 0 heterocycles. The molecule has 0 aromatic heterocycles. The van der Waals surface area contributed by atoms with Crippen LogP contribution < -0.4 is 5.32 Å². The van der Waals surface area contributed by atoms with Crippen molar-refractivity contribution in [3.63, 3.8) is 0 Å². The summed E-state index contributed by atoms with van der Waals surface area (Å²) in [6.07, 6.45) is -0.580. The highest BCUT2D eigenvalue weighted by molar-refractivity contribution is 5.81. The van der Waals surface area contributed by atoms with Gasteiger partial charge in [-0.1, -0.05) is 0 Å². The van der Waals surface area contributed by atoms with E-state index in [4.69, 9.17) is 4.74 Å². The van der Waals surface area contributed by atoms with Gasteiger partial charge < -0.3 is 15.2 Å². The fraction of sp³-hybridized carbons (Fsp3) is 0.375. The number of aryl methyl sites for hydroxylation is 3. The zero-order valence-corrected chi connectivity index (χ0v) is 18.6.